The maximum absolute atomic E-state index is 12.7. The standard InChI is InChI=1S/C23H26N4O4/c1-24(15-19-7-9-20(10-8-19)25-11-13-31-14-12-25)17-27-22(29)21(28)26(23(27)30)16-18-5-3-2-4-6-18/h2-10H,11-17H2,1H3/p+1. The van der Waals surface area contributed by atoms with Crippen LogP contribution in [0.4, 0.5) is 10.5 Å². The van der Waals surface area contributed by atoms with Crippen molar-refractivity contribution in [1.82, 2.24) is 9.80 Å². The minimum atomic E-state index is -0.767. The van der Waals surface area contributed by atoms with Gasteiger partial charge in [0.15, 0.2) is 6.67 Å². The smallest absolute Gasteiger partial charge is 0.339 e. The first-order valence-electron chi connectivity index (χ1n) is 10.5. The van der Waals surface area contributed by atoms with E-state index in [2.05, 4.69) is 29.2 Å². The van der Waals surface area contributed by atoms with Crippen molar-refractivity contribution >= 4 is 23.5 Å². The number of amides is 4. The molecule has 8 heteroatoms. The van der Waals surface area contributed by atoms with E-state index in [0.29, 0.717) is 6.54 Å². The number of benzene rings is 2. The molecule has 2 aliphatic rings. The van der Waals surface area contributed by atoms with E-state index in [4.69, 9.17) is 4.74 Å². The Kier molecular flexibility index (Phi) is 6.29. The highest BCUT2D eigenvalue weighted by atomic mass is 16.5. The first kappa shape index (κ1) is 21.0. The predicted octanol–water partition coefficient (Wildman–Crippen LogP) is 0.486. The monoisotopic (exact) mass is 423 g/mol. The number of rotatable bonds is 7. The molecule has 4 rings (SSSR count). The lowest BCUT2D eigenvalue weighted by atomic mass is 10.2. The Bertz CT molecular complexity index is 942. The third-order valence-corrected chi connectivity index (χ3v) is 5.57. The zero-order valence-electron chi connectivity index (χ0n) is 17.6. The Labute approximate surface area is 181 Å². The number of carbonyl (C=O) groups is 3. The van der Waals surface area contributed by atoms with Crippen LogP contribution in [0.25, 0.3) is 0 Å². The lowest BCUT2D eigenvalue weighted by molar-refractivity contribution is -0.901. The van der Waals surface area contributed by atoms with E-state index in [9.17, 15) is 14.4 Å². The second-order valence-corrected chi connectivity index (χ2v) is 7.95. The van der Waals surface area contributed by atoms with Crippen LogP contribution in [0, 0.1) is 0 Å². The van der Waals surface area contributed by atoms with Crippen molar-refractivity contribution in [1.29, 1.82) is 0 Å². The van der Waals surface area contributed by atoms with Gasteiger partial charge >= 0.3 is 17.8 Å². The molecule has 1 unspecified atom stereocenters. The van der Waals surface area contributed by atoms with E-state index in [1.165, 1.54) is 0 Å². The molecule has 0 saturated carbocycles. The van der Waals surface area contributed by atoms with Gasteiger partial charge in [-0.15, -0.1) is 0 Å². The van der Waals surface area contributed by atoms with Gasteiger partial charge in [-0.05, 0) is 17.7 Å². The molecule has 2 aliphatic heterocycles. The van der Waals surface area contributed by atoms with Gasteiger partial charge in [0.1, 0.15) is 6.54 Å². The van der Waals surface area contributed by atoms with Crippen molar-refractivity contribution in [3.63, 3.8) is 0 Å². The first-order chi connectivity index (χ1) is 15.0. The molecular formula is C23H27N4O4+. The van der Waals surface area contributed by atoms with Gasteiger partial charge in [-0.2, -0.15) is 0 Å². The molecule has 1 atom stereocenters. The second-order valence-electron chi connectivity index (χ2n) is 7.95. The summed E-state index contributed by atoms with van der Waals surface area (Å²) < 4.78 is 5.39. The first-order valence-corrected chi connectivity index (χ1v) is 10.5. The molecule has 0 aliphatic carbocycles. The Morgan fingerprint density at radius 2 is 1.48 bits per heavy atom. The molecule has 0 spiro atoms. The lowest BCUT2D eigenvalue weighted by Crippen LogP contribution is -3.09. The van der Waals surface area contributed by atoms with Gasteiger partial charge in [-0.25, -0.2) is 9.69 Å². The minimum absolute atomic E-state index is 0.1000. The highest BCUT2D eigenvalue weighted by molar-refractivity contribution is 6.44. The van der Waals surface area contributed by atoms with Crippen LogP contribution in [-0.4, -0.2) is 67.7 Å². The van der Waals surface area contributed by atoms with Crippen molar-refractivity contribution in [2.24, 2.45) is 0 Å². The fourth-order valence-corrected chi connectivity index (χ4v) is 3.92. The van der Waals surface area contributed by atoms with Crippen LogP contribution in [0.1, 0.15) is 11.1 Å². The van der Waals surface area contributed by atoms with Crippen molar-refractivity contribution < 1.29 is 24.0 Å². The summed E-state index contributed by atoms with van der Waals surface area (Å²) in [5.74, 6) is -1.53. The Morgan fingerprint density at radius 1 is 0.839 bits per heavy atom. The predicted molar refractivity (Wildman–Crippen MR) is 114 cm³/mol. The molecule has 31 heavy (non-hydrogen) atoms. The van der Waals surface area contributed by atoms with Gasteiger partial charge in [0.05, 0.1) is 26.8 Å². The quantitative estimate of drug-likeness (QED) is 0.518. The number of hydrogen-bond acceptors (Lipinski definition) is 5. The maximum atomic E-state index is 12.7. The van der Waals surface area contributed by atoms with E-state index in [1.807, 2.05) is 37.4 Å². The van der Waals surface area contributed by atoms with Crippen LogP contribution < -0.4 is 9.80 Å². The van der Waals surface area contributed by atoms with Crippen molar-refractivity contribution in [3.05, 3.63) is 65.7 Å². The SMILES string of the molecule is C[NH+](Cc1ccc(N2CCOCC2)cc1)CN1C(=O)C(=O)N(Cc2ccccc2)C1=O. The average Bonchev–Trinajstić information content (AvgIpc) is 2.99. The number of morpholine rings is 1. The largest absolute Gasteiger partial charge is 0.378 e. The third-order valence-electron chi connectivity index (χ3n) is 5.57. The molecule has 8 nitrogen and oxygen atoms in total. The van der Waals surface area contributed by atoms with E-state index in [0.717, 1.165) is 57.8 Å². The van der Waals surface area contributed by atoms with Crippen LogP contribution in [0.5, 0.6) is 0 Å². The fourth-order valence-electron chi connectivity index (χ4n) is 3.92. The van der Waals surface area contributed by atoms with Gasteiger partial charge in [-0.1, -0.05) is 42.5 Å². The zero-order valence-corrected chi connectivity index (χ0v) is 17.6. The topological polar surface area (TPSA) is 74.6 Å². The number of quaternary nitrogens is 1. The van der Waals surface area contributed by atoms with Crippen LogP contribution >= 0.6 is 0 Å². The molecule has 2 aromatic rings. The number of nitrogens with one attached hydrogen (secondary N) is 1. The molecule has 162 valence electrons. The Morgan fingerprint density at radius 3 is 2.16 bits per heavy atom. The van der Waals surface area contributed by atoms with Crippen molar-refractivity contribution in [2.75, 3.05) is 44.9 Å². The Hall–Kier alpha value is -3.23. The highest BCUT2D eigenvalue weighted by Crippen LogP contribution is 2.17. The molecule has 1 N–H and O–H groups in total. The summed E-state index contributed by atoms with van der Waals surface area (Å²) in [5.41, 5.74) is 3.07. The van der Waals surface area contributed by atoms with Gasteiger partial charge in [0.2, 0.25) is 0 Å². The van der Waals surface area contributed by atoms with Gasteiger partial charge in [0, 0.05) is 24.3 Å². The number of hydrogen-bond donors (Lipinski definition) is 1. The van der Waals surface area contributed by atoms with Gasteiger partial charge < -0.3 is 14.5 Å². The molecule has 2 heterocycles. The van der Waals surface area contributed by atoms with E-state index < -0.39 is 17.8 Å². The van der Waals surface area contributed by atoms with Gasteiger partial charge in [0.25, 0.3) is 0 Å². The number of urea groups is 1. The van der Waals surface area contributed by atoms with Crippen LogP contribution in [0.15, 0.2) is 54.6 Å². The second kappa shape index (κ2) is 9.28. The Balaban J connectivity index is 1.35. The summed E-state index contributed by atoms with van der Waals surface area (Å²) >= 11 is 0. The van der Waals surface area contributed by atoms with E-state index in [-0.39, 0.29) is 13.2 Å². The summed E-state index contributed by atoms with van der Waals surface area (Å²) in [4.78, 5) is 42.8. The van der Waals surface area contributed by atoms with Crippen LogP contribution in [0.3, 0.4) is 0 Å². The van der Waals surface area contributed by atoms with E-state index in [1.54, 1.807) is 0 Å². The van der Waals surface area contributed by atoms with E-state index >= 15 is 0 Å². The van der Waals surface area contributed by atoms with Crippen molar-refractivity contribution in [2.45, 2.75) is 13.1 Å². The van der Waals surface area contributed by atoms with Crippen LogP contribution in [0.2, 0.25) is 0 Å². The summed E-state index contributed by atoms with van der Waals surface area (Å²) in [6.07, 6.45) is 0. The number of ether oxygens (including phenoxy) is 1. The summed E-state index contributed by atoms with van der Waals surface area (Å²) in [6.45, 7) is 4.13. The minimum Gasteiger partial charge on any atom is -0.378 e. The van der Waals surface area contributed by atoms with Crippen molar-refractivity contribution in [3.8, 4) is 0 Å². The molecule has 4 amide bonds. The number of carbonyl (C=O) groups excluding carboxylic acids is 3. The third kappa shape index (κ3) is 4.76. The molecule has 0 bridgehead atoms. The van der Waals surface area contributed by atoms with Gasteiger partial charge in [-0.3, -0.25) is 14.5 Å². The van der Waals surface area contributed by atoms with Crippen LogP contribution in [-0.2, 0) is 27.4 Å². The average molecular weight is 423 g/mol. The highest BCUT2D eigenvalue weighted by Gasteiger charge is 2.45. The molecule has 2 saturated heterocycles. The fraction of sp³-hybridized carbons (Fsp3) is 0.348. The maximum Gasteiger partial charge on any atom is 0.339 e. The molecular weight excluding hydrogens is 396 g/mol. The number of imide groups is 2. The molecule has 0 aromatic heterocycles. The summed E-state index contributed by atoms with van der Waals surface area (Å²) in [6, 6.07) is 16.9. The normalized spacial score (nSPS) is 18.1. The number of anilines is 1. The molecule has 0 radical (unpaired) electrons. The molecule has 2 aromatic carbocycles. The molecule has 2 fully saturated rings. The summed E-state index contributed by atoms with van der Waals surface area (Å²) in [7, 11) is 1.90. The zero-order chi connectivity index (χ0) is 21.8. The number of nitrogens with zero attached hydrogens (tertiary/aromatic N) is 3. The summed E-state index contributed by atoms with van der Waals surface area (Å²) in [5, 5.41) is 0. The lowest BCUT2D eigenvalue weighted by Gasteiger charge is -2.29.